The minimum Gasteiger partial charge on any atom is -0.352 e. The highest BCUT2D eigenvalue weighted by molar-refractivity contribution is 7.92. The molecule has 0 atom stereocenters. The van der Waals surface area contributed by atoms with Crippen molar-refractivity contribution >= 4 is 21.6 Å². The van der Waals surface area contributed by atoms with Crippen molar-refractivity contribution in [2.75, 3.05) is 30.2 Å². The Kier molecular flexibility index (Phi) is 8.09. The maximum absolute atomic E-state index is 12.3. The van der Waals surface area contributed by atoms with E-state index in [9.17, 15) is 13.2 Å². The van der Waals surface area contributed by atoms with E-state index in [1.807, 2.05) is 37.3 Å². The van der Waals surface area contributed by atoms with E-state index in [0.29, 0.717) is 18.7 Å². The van der Waals surface area contributed by atoms with E-state index >= 15 is 0 Å². The molecule has 0 bridgehead atoms. The van der Waals surface area contributed by atoms with Crippen LogP contribution in [0.3, 0.4) is 0 Å². The summed E-state index contributed by atoms with van der Waals surface area (Å²) >= 11 is 0. The fraction of sp³-hybridized carbons (Fsp3) is 0.458. The summed E-state index contributed by atoms with van der Waals surface area (Å²) < 4.78 is 25.9. The number of carbonyl (C=O) groups excluding carboxylic acids is 1. The summed E-state index contributed by atoms with van der Waals surface area (Å²) in [6.45, 7) is 5.94. The Hall–Kier alpha value is -2.38. The van der Waals surface area contributed by atoms with E-state index in [0.717, 1.165) is 30.8 Å². The number of rotatable bonds is 10. The van der Waals surface area contributed by atoms with Gasteiger partial charge in [-0.1, -0.05) is 42.5 Å². The first-order valence-corrected chi connectivity index (χ1v) is 12.8. The quantitative estimate of drug-likeness (QED) is 0.611. The van der Waals surface area contributed by atoms with Crippen LogP contribution in [0.2, 0.25) is 0 Å². The van der Waals surface area contributed by atoms with E-state index in [1.54, 1.807) is 6.07 Å². The van der Waals surface area contributed by atoms with Gasteiger partial charge in [0.1, 0.15) is 0 Å². The molecule has 2 aromatic rings. The first kappa shape index (κ1) is 23.3. The highest BCUT2D eigenvalue weighted by Crippen LogP contribution is 2.22. The monoisotopic (exact) mass is 443 g/mol. The molecule has 0 aliphatic carbocycles. The Labute approximate surface area is 186 Å². The second-order valence-corrected chi connectivity index (χ2v) is 10.2. The number of amides is 1. The maximum atomic E-state index is 12.3. The topological polar surface area (TPSA) is 69.7 Å². The van der Waals surface area contributed by atoms with Crippen LogP contribution < -0.4 is 9.62 Å². The summed E-state index contributed by atoms with van der Waals surface area (Å²) in [5, 5.41) is 2.96. The summed E-state index contributed by atoms with van der Waals surface area (Å²) in [6, 6.07) is 15.7. The van der Waals surface area contributed by atoms with Gasteiger partial charge in [-0.05, 0) is 62.0 Å². The molecular formula is C24H33N3O3S. The van der Waals surface area contributed by atoms with Crippen molar-refractivity contribution in [3.63, 3.8) is 0 Å². The smallest absolute Gasteiger partial charge is 0.232 e. The number of hydrogen-bond donors (Lipinski definition) is 1. The number of carbonyl (C=O) groups is 1. The van der Waals surface area contributed by atoms with Crippen molar-refractivity contribution in [1.82, 2.24) is 10.2 Å². The second kappa shape index (κ2) is 10.8. The molecule has 2 aromatic carbocycles. The van der Waals surface area contributed by atoms with E-state index < -0.39 is 10.0 Å². The van der Waals surface area contributed by atoms with Gasteiger partial charge in [0.15, 0.2) is 0 Å². The number of nitrogens with one attached hydrogen (secondary N) is 1. The van der Waals surface area contributed by atoms with Crippen molar-refractivity contribution < 1.29 is 13.2 Å². The molecule has 0 spiro atoms. The zero-order valence-corrected chi connectivity index (χ0v) is 19.3. The number of benzene rings is 2. The van der Waals surface area contributed by atoms with Crippen LogP contribution in [-0.4, -0.2) is 45.1 Å². The molecule has 1 amide bonds. The van der Waals surface area contributed by atoms with Gasteiger partial charge in [0.25, 0.3) is 0 Å². The van der Waals surface area contributed by atoms with Crippen LogP contribution >= 0.6 is 0 Å². The third-order valence-electron chi connectivity index (χ3n) is 5.64. The minimum absolute atomic E-state index is 0.0665. The molecule has 0 radical (unpaired) electrons. The first-order valence-electron chi connectivity index (χ1n) is 10.9. The number of para-hydroxylation sites is 1. The van der Waals surface area contributed by atoms with Gasteiger partial charge in [0, 0.05) is 26.1 Å². The third-order valence-corrected chi connectivity index (χ3v) is 6.82. The molecule has 0 aromatic heterocycles. The normalized spacial score (nSPS) is 14.5. The molecule has 0 saturated carbocycles. The first-order chi connectivity index (χ1) is 14.8. The minimum atomic E-state index is -3.41. The molecule has 168 valence electrons. The fourth-order valence-electron chi connectivity index (χ4n) is 4.02. The van der Waals surface area contributed by atoms with E-state index in [2.05, 4.69) is 22.3 Å². The van der Waals surface area contributed by atoms with Crippen LogP contribution in [0.15, 0.2) is 48.5 Å². The Morgan fingerprint density at radius 1 is 1.06 bits per heavy atom. The van der Waals surface area contributed by atoms with Crippen molar-refractivity contribution in [3.05, 3.63) is 65.2 Å². The highest BCUT2D eigenvalue weighted by atomic mass is 32.2. The molecule has 6 nitrogen and oxygen atoms in total. The lowest BCUT2D eigenvalue weighted by atomic mass is 10.1. The summed E-state index contributed by atoms with van der Waals surface area (Å²) in [5.74, 6) is -0.0665. The number of sulfonamides is 1. The van der Waals surface area contributed by atoms with Gasteiger partial charge < -0.3 is 5.32 Å². The number of nitrogens with zero attached hydrogens (tertiary/aromatic N) is 2. The Bertz CT molecular complexity index is 985. The molecule has 1 aliphatic heterocycles. The van der Waals surface area contributed by atoms with Crippen LogP contribution in [0.1, 0.15) is 42.4 Å². The third kappa shape index (κ3) is 7.08. The van der Waals surface area contributed by atoms with Crippen molar-refractivity contribution in [3.8, 4) is 0 Å². The molecule has 0 unspecified atom stereocenters. The highest BCUT2D eigenvalue weighted by Gasteiger charge is 2.19. The number of anilines is 1. The van der Waals surface area contributed by atoms with Crippen LogP contribution in [0.5, 0.6) is 0 Å². The SMILES string of the molecule is Cc1ccccc1N(CCCC(=O)NCc1cccc(CN2CCCC2)c1)S(C)(=O)=O. The van der Waals surface area contributed by atoms with E-state index in [-0.39, 0.29) is 18.9 Å². The summed E-state index contributed by atoms with van der Waals surface area (Å²) in [5.41, 5.74) is 3.92. The molecule has 1 fully saturated rings. The Morgan fingerprint density at radius 2 is 1.77 bits per heavy atom. The lowest BCUT2D eigenvalue weighted by Crippen LogP contribution is -2.32. The van der Waals surface area contributed by atoms with Crippen molar-refractivity contribution in [1.29, 1.82) is 0 Å². The van der Waals surface area contributed by atoms with Gasteiger partial charge in [0.05, 0.1) is 11.9 Å². The maximum Gasteiger partial charge on any atom is 0.232 e. The summed E-state index contributed by atoms with van der Waals surface area (Å²) in [4.78, 5) is 14.8. The molecule has 1 N–H and O–H groups in total. The van der Waals surface area contributed by atoms with Gasteiger partial charge in [-0.15, -0.1) is 0 Å². The van der Waals surface area contributed by atoms with Crippen molar-refractivity contribution in [2.45, 2.75) is 45.7 Å². The van der Waals surface area contributed by atoms with Gasteiger partial charge in [-0.3, -0.25) is 14.0 Å². The van der Waals surface area contributed by atoms with E-state index in [1.165, 1.54) is 29.0 Å². The van der Waals surface area contributed by atoms with Crippen molar-refractivity contribution in [2.24, 2.45) is 0 Å². The van der Waals surface area contributed by atoms with Crippen LogP contribution in [0, 0.1) is 6.92 Å². The zero-order valence-electron chi connectivity index (χ0n) is 18.5. The fourth-order valence-corrected chi connectivity index (χ4v) is 5.04. The number of hydrogen-bond acceptors (Lipinski definition) is 4. The van der Waals surface area contributed by atoms with Crippen LogP contribution in [0.25, 0.3) is 0 Å². The Balaban J connectivity index is 1.48. The standard InChI is InChI=1S/C24H33N3O3S/c1-20-9-3-4-12-23(20)27(31(2,29)30)16-8-13-24(28)25-18-21-10-7-11-22(17-21)19-26-14-5-6-15-26/h3-4,7,9-12,17H,5-6,8,13-16,18-19H2,1-2H3,(H,25,28). The molecule has 1 heterocycles. The Morgan fingerprint density at radius 3 is 2.48 bits per heavy atom. The molecule has 1 aliphatic rings. The van der Waals surface area contributed by atoms with Gasteiger partial charge >= 0.3 is 0 Å². The average Bonchev–Trinajstić information content (AvgIpc) is 3.23. The zero-order chi connectivity index (χ0) is 22.3. The lowest BCUT2D eigenvalue weighted by molar-refractivity contribution is -0.121. The number of likely N-dealkylation sites (tertiary alicyclic amines) is 1. The average molecular weight is 444 g/mol. The van der Waals surface area contributed by atoms with E-state index in [4.69, 9.17) is 0 Å². The largest absolute Gasteiger partial charge is 0.352 e. The van der Waals surface area contributed by atoms with Crippen LogP contribution in [0.4, 0.5) is 5.69 Å². The molecule has 31 heavy (non-hydrogen) atoms. The number of aryl methyl sites for hydroxylation is 1. The molecular weight excluding hydrogens is 410 g/mol. The second-order valence-electron chi connectivity index (χ2n) is 8.31. The lowest BCUT2D eigenvalue weighted by Gasteiger charge is -2.24. The predicted molar refractivity (Wildman–Crippen MR) is 125 cm³/mol. The van der Waals surface area contributed by atoms with Crippen LogP contribution in [-0.2, 0) is 27.9 Å². The molecule has 3 rings (SSSR count). The molecule has 1 saturated heterocycles. The summed E-state index contributed by atoms with van der Waals surface area (Å²) in [7, 11) is -3.41. The molecule has 7 heteroatoms. The predicted octanol–water partition coefficient (Wildman–Crippen LogP) is 3.45. The summed E-state index contributed by atoms with van der Waals surface area (Å²) in [6.07, 6.45) is 4.49. The van der Waals surface area contributed by atoms with Gasteiger partial charge in [-0.2, -0.15) is 0 Å². The van der Waals surface area contributed by atoms with Gasteiger partial charge in [-0.25, -0.2) is 8.42 Å². The van der Waals surface area contributed by atoms with Gasteiger partial charge in [0.2, 0.25) is 15.9 Å².